The zero-order valence-electron chi connectivity index (χ0n) is 11.3. The van der Waals surface area contributed by atoms with Gasteiger partial charge in [0.25, 0.3) is 0 Å². The highest BCUT2D eigenvalue weighted by molar-refractivity contribution is 6.31. The molecular weight excluding hydrogens is 265 g/mol. The minimum absolute atomic E-state index is 0.0162. The standard InChI is InChI=1S/C15H21ClFNO/c1-2-8-18-15(11-6-9-19-10-7-11)14-12(16)4-3-5-13(14)17/h3-5,11,15,18H,2,6-10H2,1H3. The van der Waals surface area contributed by atoms with Crippen molar-refractivity contribution in [3.8, 4) is 0 Å². The normalized spacial score (nSPS) is 18.5. The number of rotatable bonds is 5. The first-order chi connectivity index (χ1) is 9.24. The molecule has 106 valence electrons. The maximum absolute atomic E-state index is 14.1. The Kier molecular flexibility index (Phi) is 5.61. The molecule has 0 bridgehead atoms. The van der Waals surface area contributed by atoms with E-state index < -0.39 is 0 Å². The number of hydrogen-bond acceptors (Lipinski definition) is 2. The molecule has 2 nitrogen and oxygen atoms in total. The Morgan fingerprint density at radius 3 is 2.79 bits per heavy atom. The van der Waals surface area contributed by atoms with Crippen LogP contribution in [0.15, 0.2) is 18.2 Å². The zero-order chi connectivity index (χ0) is 13.7. The molecular formula is C15H21ClFNO. The molecule has 0 aromatic heterocycles. The summed E-state index contributed by atoms with van der Waals surface area (Å²) >= 11 is 6.21. The molecule has 4 heteroatoms. The van der Waals surface area contributed by atoms with Crippen LogP contribution < -0.4 is 5.32 Å². The molecule has 1 aliphatic heterocycles. The lowest BCUT2D eigenvalue weighted by atomic mass is 9.86. The maximum atomic E-state index is 14.1. The summed E-state index contributed by atoms with van der Waals surface area (Å²) < 4.78 is 19.5. The molecule has 1 N–H and O–H groups in total. The Hall–Kier alpha value is -0.640. The minimum atomic E-state index is -0.215. The van der Waals surface area contributed by atoms with Gasteiger partial charge in [-0.25, -0.2) is 4.39 Å². The Morgan fingerprint density at radius 2 is 2.16 bits per heavy atom. The quantitative estimate of drug-likeness (QED) is 0.884. The average Bonchev–Trinajstić information content (AvgIpc) is 2.43. The summed E-state index contributed by atoms with van der Waals surface area (Å²) in [5.41, 5.74) is 0.615. The van der Waals surface area contributed by atoms with Crippen LogP contribution in [0, 0.1) is 11.7 Å². The monoisotopic (exact) mass is 285 g/mol. The number of nitrogens with one attached hydrogen (secondary N) is 1. The lowest BCUT2D eigenvalue weighted by molar-refractivity contribution is 0.0531. The van der Waals surface area contributed by atoms with Crippen molar-refractivity contribution in [1.29, 1.82) is 0 Å². The van der Waals surface area contributed by atoms with E-state index in [1.54, 1.807) is 12.1 Å². The smallest absolute Gasteiger partial charge is 0.129 e. The lowest BCUT2D eigenvalue weighted by Crippen LogP contribution is -2.33. The molecule has 1 aromatic carbocycles. The van der Waals surface area contributed by atoms with Crippen molar-refractivity contribution < 1.29 is 9.13 Å². The van der Waals surface area contributed by atoms with E-state index in [0.29, 0.717) is 16.5 Å². The fraction of sp³-hybridized carbons (Fsp3) is 0.600. The fourth-order valence-corrected chi connectivity index (χ4v) is 2.94. The molecule has 0 spiro atoms. The third kappa shape index (κ3) is 3.68. The summed E-state index contributed by atoms with van der Waals surface area (Å²) in [7, 11) is 0. The summed E-state index contributed by atoms with van der Waals surface area (Å²) in [5.74, 6) is 0.169. The molecule has 1 aliphatic rings. The number of hydrogen-bond donors (Lipinski definition) is 1. The van der Waals surface area contributed by atoms with Gasteiger partial charge in [0.1, 0.15) is 5.82 Å². The highest BCUT2D eigenvalue weighted by Gasteiger charge is 2.28. The fourth-order valence-electron chi connectivity index (χ4n) is 2.66. The van der Waals surface area contributed by atoms with Gasteiger partial charge in [0.2, 0.25) is 0 Å². The van der Waals surface area contributed by atoms with Gasteiger partial charge in [-0.3, -0.25) is 0 Å². The molecule has 1 aromatic rings. The predicted octanol–water partition coefficient (Wildman–Crippen LogP) is 3.95. The van der Waals surface area contributed by atoms with Crippen LogP contribution in [0.4, 0.5) is 4.39 Å². The molecule has 1 saturated heterocycles. The molecule has 1 fully saturated rings. The van der Waals surface area contributed by atoms with E-state index in [-0.39, 0.29) is 11.9 Å². The third-order valence-electron chi connectivity index (χ3n) is 3.66. The highest BCUT2D eigenvalue weighted by atomic mass is 35.5. The zero-order valence-corrected chi connectivity index (χ0v) is 12.0. The summed E-state index contributed by atoms with van der Waals surface area (Å²) in [6.45, 7) is 4.48. The van der Waals surface area contributed by atoms with Crippen LogP contribution in [0.5, 0.6) is 0 Å². The number of halogens is 2. The average molecular weight is 286 g/mol. The Balaban J connectivity index is 2.25. The summed E-state index contributed by atoms with van der Waals surface area (Å²) in [4.78, 5) is 0. The van der Waals surface area contributed by atoms with Crippen molar-refractivity contribution in [2.45, 2.75) is 32.2 Å². The third-order valence-corrected chi connectivity index (χ3v) is 3.99. The first-order valence-corrected chi connectivity index (χ1v) is 7.37. The van der Waals surface area contributed by atoms with Gasteiger partial charge >= 0.3 is 0 Å². The van der Waals surface area contributed by atoms with Crippen molar-refractivity contribution in [3.05, 3.63) is 34.6 Å². The molecule has 1 heterocycles. The summed E-state index contributed by atoms with van der Waals surface area (Å²) in [5, 5.41) is 3.97. The Morgan fingerprint density at radius 1 is 1.42 bits per heavy atom. The second-order valence-corrected chi connectivity index (χ2v) is 5.42. The van der Waals surface area contributed by atoms with Crippen molar-refractivity contribution in [3.63, 3.8) is 0 Å². The molecule has 0 aliphatic carbocycles. The topological polar surface area (TPSA) is 21.3 Å². The van der Waals surface area contributed by atoms with Crippen LogP contribution >= 0.6 is 11.6 Å². The van der Waals surface area contributed by atoms with Gasteiger partial charge in [-0.05, 0) is 43.9 Å². The van der Waals surface area contributed by atoms with Crippen molar-refractivity contribution >= 4 is 11.6 Å². The lowest BCUT2D eigenvalue weighted by Gasteiger charge is -2.32. The molecule has 1 atom stereocenters. The predicted molar refractivity (Wildman–Crippen MR) is 76.0 cm³/mol. The molecule has 0 saturated carbocycles. The van der Waals surface area contributed by atoms with Crippen LogP contribution in [0.2, 0.25) is 5.02 Å². The van der Waals surface area contributed by atoms with Gasteiger partial charge in [-0.1, -0.05) is 24.6 Å². The number of benzene rings is 1. The molecule has 2 rings (SSSR count). The Bertz CT molecular complexity index is 387. The van der Waals surface area contributed by atoms with E-state index in [9.17, 15) is 4.39 Å². The largest absolute Gasteiger partial charge is 0.381 e. The number of ether oxygens (including phenoxy) is 1. The first-order valence-electron chi connectivity index (χ1n) is 6.99. The van der Waals surface area contributed by atoms with Gasteiger partial charge in [-0.15, -0.1) is 0 Å². The van der Waals surface area contributed by atoms with Gasteiger partial charge < -0.3 is 10.1 Å². The molecule has 0 radical (unpaired) electrons. The second-order valence-electron chi connectivity index (χ2n) is 5.02. The van der Waals surface area contributed by atoms with E-state index in [0.717, 1.165) is 39.0 Å². The van der Waals surface area contributed by atoms with E-state index in [1.165, 1.54) is 6.07 Å². The summed E-state index contributed by atoms with van der Waals surface area (Å²) in [6.07, 6.45) is 2.92. The SMILES string of the molecule is CCCNC(c1c(F)cccc1Cl)C1CCOCC1. The van der Waals surface area contributed by atoms with Gasteiger partial charge in [0.15, 0.2) is 0 Å². The van der Waals surface area contributed by atoms with Gasteiger partial charge in [0, 0.05) is 29.8 Å². The van der Waals surface area contributed by atoms with E-state index in [1.807, 2.05) is 0 Å². The van der Waals surface area contributed by atoms with Gasteiger partial charge in [-0.2, -0.15) is 0 Å². The van der Waals surface area contributed by atoms with Crippen LogP contribution in [0.25, 0.3) is 0 Å². The van der Waals surface area contributed by atoms with Crippen molar-refractivity contribution in [2.75, 3.05) is 19.8 Å². The molecule has 1 unspecified atom stereocenters. The van der Waals surface area contributed by atoms with Crippen molar-refractivity contribution in [2.24, 2.45) is 5.92 Å². The Labute approximate surface area is 119 Å². The van der Waals surface area contributed by atoms with E-state index in [4.69, 9.17) is 16.3 Å². The van der Waals surface area contributed by atoms with E-state index >= 15 is 0 Å². The molecule has 19 heavy (non-hydrogen) atoms. The minimum Gasteiger partial charge on any atom is -0.381 e. The summed E-state index contributed by atoms with van der Waals surface area (Å²) in [6, 6.07) is 4.89. The first kappa shape index (κ1) is 14.8. The van der Waals surface area contributed by atoms with E-state index in [2.05, 4.69) is 12.2 Å². The maximum Gasteiger partial charge on any atom is 0.129 e. The highest BCUT2D eigenvalue weighted by Crippen LogP contribution is 2.35. The second kappa shape index (κ2) is 7.22. The van der Waals surface area contributed by atoms with Crippen LogP contribution in [0.1, 0.15) is 37.8 Å². The molecule has 0 amide bonds. The van der Waals surface area contributed by atoms with Crippen molar-refractivity contribution in [1.82, 2.24) is 5.32 Å². The van der Waals surface area contributed by atoms with Crippen LogP contribution in [-0.2, 0) is 4.74 Å². The van der Waals surface area contributed by atoms with Crippen LogP contribution in [0.3, 0.4) is 0 Å². The van der Waals surface area contributed by atoms with Gasteiger partial charge in [0.05, 0.1) is 0 Å². The van der Waals surface area contributed by atoms with Crippen LogP contribution in [-0.4, -0.2) is 19.8 Å².